The van der Waals surface area contributed by atoms with Crippen molar-refractivity contribution in [1.82, 2.24) is 15.3 Å². The molecule has 0 amide bonds. The van der Waals surface area contributed by atoms with Crippen molar-refractivity contribution in [2.24, 2.45) is 0 Å². The summed E-state index contributed by atoms with van der Waals surface area (Å²) in [5.74, 6) is 0. The zero-order valence-corrected chi connectivity index (χ0v) is 12.6. The van der Waals surface area contributed by atoms with Crippen LogP contribution in [0.25, 0.3) is 0 Å². The molecule has 1 aromatic carbocycles. The van der Waals surface area contributed by atoms with Crippen molar-refractivity contribution in [1.29, 1.82) is 0 Å². The third-order valence-corrected chi connectivity index (χ3v) is 4.34. The van der Waals surface area contributed by atoms with Crippen LogP contribution in [0.4, 0.5) is 0 Å². The van der Waals surface area contributed by atoms with Crippen molar-refractivity contribution in [3.8, 4) is 0 Å². The molecule has 0 radical (unpaired) electrons. The highest BCUT2D eigenvalue weighted by Gasteiger charge is 2.18. The number of aromatic nitrogens is 2. The molecule has 0 aliphatic rings. The Morgan fingerprint density at radius 1 is 1.05 bits per heavy atom. The Balaban J connectivity index is 1.87. The van der Waals surface area contributed by atoms with E-state index in [-0.39, 0.29) is 12.1 Å². The van der Waals surface area contributed by atoms with E-state index in [1.807, 2.05) is 12.3 Å². The molecule has 2 aromatic heterocycles. The highest BCUT2D eigenvalue weighted by atomic mass is 32.1. The van der Waals surface area contributed by atoms with Crippen LogP contribution in [0.15, 0.2) is 66.4 Å². The molecule has 2 atom stereocenters. The molecule has 2 heterocycles. The minimum absolute atomic E-state index is 0.131. The lowest BCUT2D eigenvalue weighted by Crippen LogP contribution is -2.25. The molecule has 3 nitrogen and oxygen atoms in total. The molecule has 2 unspecified atom stereocenters. The summed E-state index contributed by atoms with van der Waals surface area (Å²) in [4.78, 5) is 9.84. The van der Waals surface area contributed by atoms with Gasteiger partial charge >= 0.3 is 0 Å². The van der Waals surface area contributed by atoms with Crippen LogP contribution in [-0.4, -0.2) is 9.97 Å². The van der Waals surface area contributed by atoms with Crippen LogP contribution in [-0.2, 0) is 0 Å². The van der Waals surface area contributed by atoms with Crippen LogP contribution >= 0.6 is 11.3 Å². The monoisotopic (exact) mass is 295 g/mol. The summed E-state index contributed by atoms with van der Waals surface area (Å²) in [7, 11) is 0. The standard InChI is InChI=1S/C17H17N3S/c1-13(15-12-18-9-10-19-15)20-17(16-8-5-11-21-16)14-6-3-2-4-7-14/h2-13,17,20H,1H3. The summed E-state index contributed by atoms with van der Waals surface area (Å²) in [5.41, 5.74) is 2.21. The Morgan fingerprint density at radius 3 is 2.57 bits per heavy atom. The number of nitrogens with zero attached hydrogens (tertiary/aromatic N) is 2. The second-order valence-electron chi connectivity index (χ2n) is 4.88. The summed E-state index contributed by atoms with van der Waals surface area (Å²) in [5, 5.41) is 5.77. The number of thiophene rings is 1. The summed E-state index contributed by atoms with van der Waals surface area (Å²) in [6, 6.07) is 15.1. The number of nitrogens with one attached hydrogen (secondary N) is 1. The van der Waals surface area contributed by atoms with Gasteiger partial charge in [-0.15, -0.1) is 11.3 Å². The maximum atomic E-state index is 4.39. The first-order valence-corrected chi connectivity index (χ1v) is 7.83. The maximum absolute atomic E-state index is 4.39. The van der Waals surface area contributed by atoms with Gasteiger partial charge in [-0.1, -0.05) is 36.4 Å². The average molecular weight is 295 g/mol. The molecule has 0 saturated carbocycles. The molecular weight excluding hydrogens is 278 g/mol. The van der Waals surface area contributed by atoms with Gasteiger partial charge in [0.25, 0.3) is 0 Å². The first-order chi connectivity index (χ1) is 10.3. The van der Waals surface area contributed by atoms with Gasteiger partial charge in [-0.2, -0.15) is 0 Å². The first kappa shape index (κ1) is 13.9. The SMILES string of the molecule is CC(NC(c1ccccc1)c1cccs1)c1cnccn1. The minimum atomic E-state index is 0.131. The molecular formula is C17H17N3S. The first-order valence-electron chi connectivity index (χ1n) is 6.95. The highest BCUT2D eigenvalue weighted by Crippen LogP contribution is 2.28. The van der Waals surface area contributed by atoms with E-state index in [0.29, 0.717) is 0 Å². The zero-order chi connectivity index (χ0) is 14.5. The predicted molar refractivity (Wildman–Crippen MR) is 86.2 cm³/mol. The van der Waals surface area contributed by atoms with E-state index in [0.717, 1.165) is 5.69 Å². The quantitative estimate of drug-likeness (QED) is 0.773. The van der Waals surface area contributed by atoms with Crippen LogP contribution in [0.2, 0.25) is 0 Å². The van der Waals surface area contributed by atoms with E-state index in [9.17, 15) is 0 Å². The van der Waals surface area contributed by atoms with E-state index < -0.39 is 0 Å². The van der Waals surface area contributed by atoms with E-state index in [1.165, 1.54) is 10.4 Å². The van der Waals surface area contributed by atoms with Gasteiger partial charge in [-0.05, 0) is 23.9 Å². The van der Waals surface area contributed by atoms with Gasteiger partial charge in [-0.3, -0.25) is 15.3 Å². The van der Waals surface area contributed by atoms with Gasteiger partial charge in [0.1, 0.15) is 0 Å². The second kappa shape index (κ2) is 6.61. The number of hydrogen-bond acceptors (Lipinski definition) is 4. The van der Waals surface area contributed by atoms with Gasteiger partial charge in [0.2, 0.25) is 0 Å². The molecule has 3 rings (SSSR count). The summed E-state index contributed by atoms with van der Waals surface area (Å²) in [6.07, 6.45) is 5.24. The van der Waals surface area contributed by atoms with Crippen molar-refractivity contribution < 1.29 is 0 Å². The molecule has 0 spiro atoms. The van der Waals surface area contributed by atoms with E-state index in [2.05, 4.69) is 64.0 Å². The van der Waals surface area contributed by atoms with E-state index in [4.69, 9.17) is 0 Å². The summed E-state index contributed by atoms with van der Waals surface area (Å²) >= 11 is 1.76. The lowest BCUT2D eigenvalue weighted by molar-refractivity contribution is 0.510. The molecule has 1 N–H and O–H groups in total. The molecule has 0 saturated heterocycles. The van der Waals surface area contributed by atoms with Crippen LogP contribution in [0.5, 0.6) is 0 Å². The van der Waals surface area contributed by atoms with Gasteiger partial charge < -0.3 is 0 Å². The van der Waals surface area contributed by atoms with Crippen molar-refractivity contribution >= 4 is 11.3 Å². The third-order valence-electron chi connectivity index (χ3n) is 3.40. The van der Waals surface area contributed by atoms with Crippen LogP contribution in [0, 0.1) is 0 Å². The van der Waals surface area contributed by atoms with E-state index >= 15 is 0 Å². The second-order valence-corrected chi connectivity index (χ2v) is 5.86. The fraction of sp³-hybridized carbons (Fsp3) is 0.176. The topological polar surface area (TPSA) is 37.8 Å². The van der Waals surface area contributed by atoms with Gasteiger partial charge in [0.15, 0.2) is 0 Å². The molecule has 3 aromatic rings. The Bertz CT molecular complexity index is 653. The fourth-order valence-electron chi connectivity index (χ4n) is 2.31. The van der Waals surface area contributed by atoms with Crippen molar-refractivity contribution in [3.05, 3.63) is 82.6 Å². The molecule has 106 valence electrons. The largest absolute Gasteiger partial charge is 0.297 e. The number of hydrogen-bond donors (Lipinski definition) is 1. The molecule has 0 aliphatic heterocycles. The summed E-state index contributed by atoms with van der Waals surface area (Å²) in [6.45, 7) is 2.12. The Hall–Kier alpha value is -2.04. The molecule has 21 heavy (non-hydrogen) atoms. The highest BCUT2D eigenvalue weighted by molar-refractivity contribution is 7.10. The minimum Gasteiger partial charge on any atom is -0.297 e. The van der Waals surface area contributed by atoms with Crippen LogP contribution in [0.3, 0.4) is 0 Å². The normalized spacial score (nSPS) is 13.8. The average Bonchev–Trinajstić information content (AvgIpc) is 3.08. The zero-order valence-electron chi connectivity index (χ0n) is 11.8. The van der Waals surface area contributed by atoms with Crippen molar-refractivity contribution in [3.63, 3.8) is 0 Å². The lowest BCUT2D eigenvalue weighted by atomic mass is 10.0. The maximum Gasteiger partial charge on any atom is 0.0753 e. The third kappa shape index (κ3) is 3.35. The smallest absolute Gasteiger partial charge is 0.0753 e. The Kier molecular flexibility index (Phi) is 4.38. The Morgan fingerprint density at radius 2 is 1.90 bits per heavy atom. The van der Waals surface area contributed by atoms with Crippen LogP contribution in [0.1, 0.15) is 35.1 Å². The molecule has 4 heteroatoms. The molecule has 0 fully saturated rings. The predicted octanol–water partition coefficient (Wildman–Crippen LogP) is 3.98. The van der Waals surface area contributed by atoms with Crippen LogP contribution < -0.4 is 5.32 Å². The molecule has 0 aliphatic carbocycles. The number of benzene rings is 1. The van der Waals surface area contributed by atoms with Gasteiger partial charge in [0, 0.05) is 29.5 Å². The fourth-order valence-corrected chi connectivity index (χ4v) is 3.12. The van der Waals surface area contributed by atoms with Crippen molar-refractivity contribution in [2.45, 2.75) is 19.0 Å². The summed E-state index contributed by atoms with van der Waals surface area (Å²) < 4.78 is 0. The van der Waals surface area contributed by atoms with Gasteiger partial charge in [0.05, 0.1) is 11.7 Å². The number of rotatable bonds is 5. The van der Waals surface area contributed by atoms with Crippen molar-refractivity contribution in [2.75, 3.05) is 0 Å². The van der Waals surface area contributed by atoms with Gasteiger partial charge in [-0.25, -0.2) is 0 Å². The Labute approximate surface area is 128 Å². The lowest BCUT2D eigenvalue weighted by Gasteiger charge is -2.22. The van der Waals surface area contributed by atoms with E-state index in [1.54, 1.807) is 23.7 Å². The molecule has 0 bridgehead atoms.